The lowest BCUT2D eigenvalue weighted by atomic mass is 9.87. The summed E-state index contributed by atoms with van der Waals surface area (Å²) >= 11 is 0. The minimum absolute atomic E-state index is 0.000273. The highest BCUT2D eigenvalue weighted by Crippen LogP contribution is 2.30. The SMILES string of the molecule is CC(C)(C)c1ccc(O)c(NCC(O)CO)c1. The van der Waals surface area contributed by atoms with Gasteiger partial charge in [-0.05, 0) is 23.1 Å². The van der Waals surface area contributed by atoms with Gasteiger partial charge in [-0.15, -0.1) is 0 Å². The Labute approximate surface area is 102 Å². The molecule has 1 atom stereocenters. The molecular formula is C13H21NO3. The van der Waals surface area contributed by atoms with E-state index in [4.69, 9.17) is 5.11 Å². The highest BCUT2D eigenvalue weighted by Gasteiger charge is 2.15. The van der Waals surface area contributed by atoms with E-state index in [9.17, 15) is 10.2 Å². The van der Waals surface area contributed by atoms with Gasteiger partial charge in [0.2, 0.25) is 0 Å². The third-order valence-electron chi connectivity index (χ3n) is 2.60. The summed E-state index contributed by atoms with van der Waals surface area (Å²) < 4.78 is 0. The summed E-state index contributed by atoms with van der Waals surface area (Å²) in [6, 6.07) is 5.37. The molecule has 17 heavy (non-hydrogen) atoms. The zero-order valence-electron chi connectivity index (χ0n) is 10.6. The standard InChI is InChI=1S/C13H21NO3/c1-13(2,3)9-4-5-12(17)11(6-9)14-7-10(16)8-15/h4-6,10,14-17H,7-8H2,1-3H3. The topological polar surface area (TPSA) is 72.7 Å². The van der Waals surface area contributed by atoms with E-state index in [0.717, 1.165) is 5.56 Å². The Morgan fingerprint density at radius 3 is 2.47 bits per heavy atom. The number of hydrogen-bond acceptors (Lipinski definition) is 4. The number of aromatic hydroxyl groups is 1. The van der Waals surface area contributed by atoms with Crippen LogP contribution in [-0.2, 0) is 5.41 Å². The highest BCUT2D eigenvalue weighted by molar-refractivity contribution is 5.58. The van der Waals surface area contributed by atoms with Crippen LogP contribution in [-0.4, -0.2) is 34.6 Å². The van der Waals surface area contributed by atoms with Crippen LogP contribution in [0.5, 0.6) is 5.75 Å². The molecule has 0 heterocycles. The number of rotatable bonds is 4. The van der Waals surface area contributed by atoms with Gasteiger partial charge in [0.15, 0.2) is 0 Å². The molecule has 0 aliphatic rings. The quantitative estimate of drug-likeness (QED) is 0.600. The van der Waals surface area contributed by atoms with E-state index in [1.807, 2.05) is 12.1 Å². The van der Waals surface area contributed by atoms with Crippen LogP contribution >= 0.6 is 0 Å². The molecule has 0 fully saturated rings. The summed E-state index contributed by atoms with van der Waals surface area (Å²) in [5.41, 5.74) is 1.67. The molecule has 0 aliphatic heterocycles. The fourth-order valence-corrected chi connectivity index (χ4v) is 1.44. The zero-order chi connectivity index (χ0) is 13.1. The second-order valence-corrected chi connectivity index (χ2v) is 5.20. The van der Waals surface area contributed by atoms with Crippen molar-refractivity contribution in [2.45, 2.75) is 32.3 Å². The fourth-order valence-electron chi connectivity index (χ4n) is 1.44. The van der Waals surface area contributed by atoms with Gasteiger partial charge < -0.3 is 20.6 Å². The molecular weight excluding hydrogens is 218 g/mol. The molecule has 4 nitrogen and oxygen atoms in total. The van der Waals surface area contributed by atoms with E-state index in [1.54, 1.807) is 6.07 Å². The van der Waals surface area contributed by atoms with Crippen molar-refractivity contribution in [2.75, 3.05) is 18.5 Å². The number of aliphatic hydroxyl groups excluding tert-OH is 2. The van der Waals surface area contributed by atoms with Gasteiger partial charge in [-0.3, -0.25) is 0 Å². The Morgan fingerprint density at radius 2 is 1.94 bits per heavy atom. The Morgan fingerprint density at radius 1 is 1.29 bits per heavy atom. The number of nitrogens with one attached hydrogen (secondary N) is 1. The molecule has 0 spiro atoms. The van der Waals surface area contributed by atoms with E-state index in [1.165, 1.54) is 0 Å². The van der Waals surface area contributed by atoms with Crippen LogP contribution in [0, 0.1) is 0 Å². The number of benzene rings is 1. The number of aliphatic hydroxyl groups is 2. The van der Waals surface area contributed by atoms with E-state index in [2.05, 4.69) is 26.1 Å². The van der Waals surface area contributed by atoms with Gasteiger partial charge in [-0.25, -0.2) is 0 Å². The molecule has 4 heteroatoms. The first kappa shape index (κ1) is 13.8. The summed E-state index contributed by atoms with van der Waals surface area (Å²) in [4.78, 5) is 0. The van der Waals surface area contributed by atoms with Crippen LogP contribution < -0.4 is 5.32 Å². The predicted molar refractivity (Wildman–Crippen MR) is 68.4 cm³/mol. The first-order valence-electron chi connectivity index (χ1n) is 5.71. The van der Waals surface area contributed by atoms with Crippen LogP contribution in [0.3, 0.4) is 0 Å². The van der Waals surface area contributed by atoms with Gasteiger partial charge in [0.1, 0.15) is 5.75 Å². The molecule has 0 saturated heterocycles. The second-order valence-electron chi connectivity index (χ2n) is 5.20. The molecule has 4 N–H and O–H groups in total. The molecule has 0 aliphatic carbocycles. The van der Waals surface area contributed by atoms with Crippen molar-refractivity contribution in [1.82, 2.24) is 0 Å². The van der Waals surface area contributed by atoms with Gasteiger partial charge in [-0.2, -0.15) is 0 Å². The molecule has 0 radical (unpaired) electrons. The lowest BCUT2D eigenvalue weighted by Crippen LogP contribution is -2.23. The summed E-state index contributed by atoms with van der Waals surface area (Å²) in [7, 11) is 0. The maximum Gasteiger partial charge on any atom is 0.138 e. The number of phenolic OH excluding ortho intramolecular Hbond substituents is 1. The van der Waals surface area contributed by atoms with Crippen LogP contribution in [0.25, 0.3) is 0 Å². The van der Waals surface area contributed by atoms with Crippen molar-refractivity contribution >= 4 is 5.69 Å². The predicted octanol–water partition coefficient (Wildman–Crippen LogP) is 1.45. The first-order valence-corrected chi connectivity index (χ1v) is 5.71. The van der Waals surface area contributed by atoms with E-state index in [-0.39, 0.29) is 24.3 Å². The smallest absolute Gasteiger partial charge is 0.138 e. The molecule has 0 aromatic heterocycles. The van der Waals surface area contributed by atoms with Crippen molar-refractivity contribution in [3.05, 3.63) is 23.8 Å². The molecule has 1 unspecified atom stereocenters. The summed E-state index contributed by atoms with van der Waals surface area (Å²) in [5.74, 6) is 0.142. The van der Waals surface area contributed by atoms with E-state index >= 15 is 0 Å². The zero-order valence-corrected chi connectivity index (χ0v) is 10.6. The van der Waals surface area contributed by atoms with Crippen LogP contribution in [0.1, 0.15) is 26.3 Å². The summed E-state index contributed by atoms with van der Waals surface area (Å²) in [5, 5.41) is 30.6. The minimum Gasteiger partial charge on any atom is -0.506 e. The fraction of sp³-hybridized carbons (Fsp3) is 0.538. The molecule has 1 aromatic rings. The average molecular weight is 239 g/mol. The third-order valence-corrected chi connectivity index (χ3v) is 2.60. The van der Waals surface area contributed by atoms with Crippen LogP contribution in [0.4, 0.5) is 5.69 Å². The normalized spacial score (nSPS) is 13.5. The van der Waals surface area contributed by atoms with Crippen molar-refractivity contribution in [3.8, 4) is 5.75 Å². The molecule has 1 aromatic carbocycles. The maximum absolute atomic E-state index is 9.68. The summed E-state index contributed by atoms with van der Waals surface area (Å²) in [6.45, 7) is 6.17. The Hall–Kier alpha value is -1.26. The maximum atomic E-state index is 9.68. The molecule has 0 bridgehead atoms. The van der Waals surface area contributed by atoms with Gasteiger partial charge in [-0.1, -0.05) is 26.8 Å². The Bertz CT molecular complexity index is 371. The number of hydrogen-bond donors (Lipinski definition) is 4. The second kappa shape index (κ2) is 5.38. The number of phenols is 1. The molecule has 96 valence electrons. The van der Waals surface area contributed by atoms with E-state index < -0.39 is 6.10 Å². The number of anilines is 1. The van der Waals surface area contributed by atoms with Gasteiger partial charge >= 0.3 is 0 Å². The lowest BCUT2D eigenvalue weighted by molar-refractivity contribution is 0.105. The first-order chi connectivity index (χ1) is 7.84. The van der Waals surface area contributed by atoms with Gasteiger partial charge in [0.25, 0.3) is 0 Å². The largest absolute Gasteiger partial charge is 0.506 e. The summed E-state index contributed by atoms with van der Waals surface area (Å²) in [6.07, 6.45) is -0.826. The molecule has 0 saturated carbocycles. The highest BCUT2D eigenvalue weighted by atomic mass is 16.3. The van der Waals surface area contributed by atoms with Crippen molar-refractivity contribution in [1.29, 1.82) is 0 Å². The monoisotopic (exact) mass is 239 g/mol. The third kappa shape index (κ3) is 3.91. The lowest BCUT2D eigenvalue weighted by Gasteiger charge is -2.21. The van der Waals surface area contributed by atoms with Crippen molar-refractivity contribution in [3.63, 3.8) is 0 Å². The minimum atomic E-state index is -0.826. The van der Waals surface area contributed by atoms with Crippen molar-refractivity contribution in [2.24, 2.45) is 0 Å². The van der Waals surface area contributed by atoms with Crippen LogP contribution in [0.15, 0.2) is 18.2 Å². The molecule has 0 amide bonds. The van der Waals surface area contributed by atoms with Gasteiger partial charge in [0.05, 0.1) is 18.4 Å². The van der Waals surface area contributed by atoms with Crippen LogP contribution in [0.2, 0.25) is 0 Å². The Balaban J connectivity index is 2.84. The van der Waals surface area contributed by atoms with E-state index in [0.29, 0.717) is 5.69 Å². The average Bonchev–Trinajstić information content (AvgIpc) is 2.26. The Kier molecular flexibility index (Phi) is 4.37. The van der Waals surface area contributed by atoms with Gasteiger partial charge in [0, 0.05) is 6.54 Å². The van der Waals surface area contributed by atoms with Crippen molar-refractivity contribution < 1.29 is 15.3 Å². The molecule has 1 rings (SSSR count).